The zero-order valence-electron chi connectivity index (χ0n) is 11.6. The van der Waals surface area contributed by atoms with Gasteiger partial charge in [0.2, 0.25) is 0 Å². The van der Waals surface area contributed by atoms with Crippen molar-refractivity contribution in [1.29, 1.82) is 0 Å². The number of hydrogen-bond donors (Lipinski definition) is 5. The third kappa shape index (κ3) is 3.84. The van der Waals surface area contributed by atoms with E-state index < -0.39 is 36.5 Å². The van der Waals surface area contributed by atoms with Crippen LogP contribution < -0.4 is 0 Å². The van der Waals surface area contributed by atoms with Crippen molar-refractivity contribution in [2.75, 3.05) is 6.61 Å². The first-order valence-electron chi connectivity index (χ1n) is 6.69. The quantitative estimate of drug-likeness (QED) is 0.205. The Morgan fingerprint density at radius 1 is 1.15 bits per heavy atom. The first kappa shape index (κ1) is 17.7. The molecule has 1 rings (SSSR count). The zero-order chi connectivity index (χ0) is 15.3. The summed E-state index contributed by atoms with van der Waals surface area (Å²) >= 11 is 1.00. The fraction of sp³-hybridized carbons (Fsp3) is 0.917. The largest absolute Gasteiger partial charge is 0.410 e. The van der Waals surface area contributed by atoms with Gasteiger partial charge in [-0.3, -0.25) is 0 Å². The number of aliphatic hydroxyl groups excluding tert-OH is 4. The molecular formula is C12H23NO6S. The van der Waals surface area contributed by atoms with Crippen LogP contribution >= 0.6 is 11.8 Å². The molecule has 5 N–H and O–H groups in total. The fourth-order valence-electron chi connectivity index (χ4n) is 2.12. The van der Waals surface area contributed by atoms with Crippen molar-refractivity contribution in [2.24, 2.45) is 11.1 Å². The van der Waals surface area contributed by atoms with Gasteiger partial charge in [-0.25, -0.2) is 0 Å². The van der Waals surface area contributed by atoms with Gasteiger partial charge in [0.05, 0.1) is 6.61 Å². The summed E-state index contributed by atoms with van der Waals surface area (Å²) in [5.41, 5.74) is -0.906. The van der Waals surface area contributed by atoms with Crippen LogP contribution in [-0.4, -0.2) is 67.1 Å². The first-order chi connectivity index (χ1) is 9.49. The molecule has 1 heterocycles. The molecule has 1 fully saturated rings. The first-order valence-corrected chi connectivity index (χ1v) is 7.57. The molecule has 20 heavy (non-hydrogen) atoms. The van der Waals surface area contributed by atoms with Crippen LogP contribution in [0.25, 0.3) is 0 Å². The summed E-state index contributed by atoms with van der Waals surface area (Å²) in [7, 11) is 0. The molecule has 8 heteroatoms. The van der Waals surface area contributed by atoms with Gasteiger partial charge >= 0.3 is 0 Å². The lowest BCUT2D eigenvalue weighted by atomic mass is 10.0. The SMILES string of the molecule is CCC(CC)C(=NO)S[C@@H]1O[C@H](CO)[C@@H](O)[C@H](O)[C@H]1O. The standard InChI is InChI=1S/C12H23NO6S/c1-3-6(4-2)11(13-18)20-12-10(17)9(16)8(15)7(5-14)19-12/h6-10,12,14-18H,3-5H2,1-2H3/t7-,8-,9+,10-,12+/m1/s1. The summed E-state index contributed by atoms with van der Waals surface area (Å²) in [4.78, 5) is 0. The van der Waals surface area contributed by atoms with E-state index in [4.69, 9.17) is 15.1 Å². The molecule has 0 unspecified atom stereocenters. The minimum Gasteiger partial charge on any atom is -0.410 e. The average molecular weight is 309 g/mol. The van der Waals surface area contributed by atoms with Crippen molar-refractivity contribution in [3.63, 3.8) is 0 Å². The highest BCUT2D eigenvalue weighted by atomic mass is 32.2. The minimum atomic E-state index is -1.42. The summed E-state index contributed by atoms with van der Waals surface area (Å²) in [6, 6.07) is 0. The Balaban J connectivity index is 2.79. The Labute approximate surface area is 122 Å². The molecule has 0 bridgehead atoms. The third-order valence-corrected chi connectivity index (χ3v) is 4.80. The normalized spacial score (nSPS) is 35.5. The second-order valence-corrected chi connectivity index (χ2v) is 5.89. The smallest absolute Gasteiger partial charge is 0.138 e. The van der Waals surface area contributed by atoms with Crippen LogP contribution in [0.15, 0.2) is 5.16 Å². The summed E-state index contributed by atoms with van der Waals surface area (Å²) < 4.78 is 5.36. The minimum absolute atomic E-state index is 0.0253. The van der Waals surface area contributed by atoms with Gasteiger partial charge in [0.1, 0.15) is 34.9 Å². The highest BCUT2D eigenvalue weighted by Gasteiger charge is 2.44. The molecule has 0 radical (unpaired) electrons. The molecule has 0 aliphatic carbocycles. The number of aliphatic hydroxyl groups is 4. The third-order valence-electron chi connectivity index (χ3n) is 3.52. The lowest BCUT2D eigenvalue weighted by Gasteiger charge is -2.39. The van der Waals surface area contributed by atoms with Crippen molar-refractivity contribution in [3.8, 4) is 0 Å². The Morgan fingerprint density at radius 2 is 1.75 bits per heavy atom. The van der Waals surface area contributed by atoms with E-state index >= 15 is 0 Å². The molecule has 0 aromatic rings. The lowest BCUT2D eigenvalue weighted by molar-refractivity contribution is -0.205. The van der Waals surface area contributed by atoms with E-state index in [0.717, 1.165) is 24.6 Å². The van der Waals surface area contributed by atoms with Crippen LogP contribution in [-0.2, 0) is 4.74 Å². The Kier molecular flexibility index (Phi) is 7.21. The van der Waals surface area contributed by atoms with Crippen LogP contribution in [0.5, 0.6) is 0 Å². The van der Waals surface area contributed by atoms with Crippen LogP contribution in [0.1, 0.15) is 26.7 Å². The predicted molar refractivity (Wildman–Crippen MR) is 74.7 cm³/mol. The Hall–Kier alpha value is -0.380. The number of ether oxygens (including phenoxy) is 1. The predicted octanol–water partition coefficient (Wildman–Crippen LogP) is -0.257. The van der Waals surface area contributed by atoms with E-state index in [0.29, 0.717) is 5.04 Å². The molecule has 0 amide bonds. The maximum Gasteiger partial charge on any atom is 0.138 e. The van der Waals surface area contributed by atoms with E-state index in [1.165, 1.54) is 0 Å². The Bertz CT molecular complexity index is 323. The molecule has 7 nitrogen and oxygen atoms in total. The van der Waals surface area contributed by atoms with Crippen LogP contribution in [0, 0.1) is 5.92 Å². The average Bonchev–Trinajstić information content (AvgIpc) is 2.47. The molecule has 118 valence electrons. The van der Waals surface area contributed by atoms with Crippen molar-refractivity contribution in [2.45, 2.75) is 56.5 Å². The molecule has 5 atom stereocenters. The van der Waals surface area contributed by atoms with Crippen molar-refractivity contribution in [3.05, 3.63) is 0 Å². The summed E-state index contributed by atoms with van der Waals surface area (Å²) in [6.45, 7) is 3.43. The molecule has 0 aromatic carbocycles. The summed E-state index contributed by atoms with van der Waals surface area (Å²) in [6.07, 6.45) is -3.55. The molecule has 0 saturated carbocycles. The molecule has 1 saturated heterocycles. The van der Waals surface area contributed by atoms with E-state index in [9.17, 15) is 15.3 Å². The van der Waals surface area contributed by atoms with Crippen LogP contribution in [0.2, 0.25) is 0 Å². The molecule has 0 spiro atoms. The molecule has 0 aromatic heterocycles. The monoisotopic (exact) mass is 309 g/mol. The maximum atomic E-state index is 9.92. The van der Waals surface area contributed by atoms with Gasteiger partial charge < -0.3 is 30.4 Å². The molecule has 1 aliphatic heterocycles. The zero-order valence-corrected chi connectivity index (χ0v) is 12.4. The Morgan fingerprint density at radius 3 is 2.20 bits per heavy atom. The van der Waals surface area contributed by atoms with E-state index in [2.05, 4.69) is 5.16 Å². The summed E-state index contributed by atoms with van der Waals surface area (Å²) in [5.74, 6) is 0.0253. The summed E-state index contributed by atoms with van der Waals surface area (Å²) in [5, 5.41) is 51.1. The number of hydrogen-bond acceptors (Lipinski definition) is 8. The number of nitrogens with zero attached hydrogens (tertiary/aromatic N) is 1. The number of oxime groups is 1. The fourth-order valence-corrected chi connectivity index (χ4v) is 3.43. The van der Waals surface area contributed by atoms with Gasteiger partial charge in [-0.1, -0.05) is 30.8 Å². The topological polar surface area (TPSA) is 123 Å². The van der Waals surface area contributed by atoms with Gasteiger partial charge in [0.15, 0.2) is 0 Å². The van der Waals surface area contributed by atoms with Crippen molar-refractivity contribution in [1.82, 2.24) is 0 Å². The van der Waals surface area contributed by atoms with E-state index in [-0.39, 0.29) is 5.92 Å². The van der Waals surface area contributed by atoms with Gasteiger partial charge in [-0.05, 0) is 12.8 Å². The number of rotatable bonds is 5. The van der Waals surface area contributed by atoms with E-state index in [1.54, 1.807) is 0 Å². The van der Waals surface area contributed by atoms with Gasteiger partial charge in [-0.15, -0.1) is 0 Å². The maximum absolute atomic E-state index is 9.92. The van der Waals surface area contributed by atoms with Crippen molar-refractivity contribution < 1.29 is 30.4 Å². The second-order valence-electron chi connectivity index (χ2n) is 4.77. The molecular weight excluding hydrogens is 286 g/mol. The van der Waals surface area contributed by atoms with Crippen LogP contribution in [0.3, 0.4) is 0 Å². The highest BCUT2D eigenvalue weighted by molar-refractivity contribution is 8.14. The van der Waals surface area contributed by atoms with E-state index in [1.807, 2.05) is 13.8 Å². The highest BCUT2D eigenvalue weighted by Crippen LogP contribution is 2.32. The lowest BCUT2D eigenvalue weighted by Crippen LogP contribution is -2.57. The van der Waals surface area contributed by atoms with Crippen LogP contribution in [0.4, 0.5) is 0 Å². The molecule has 1 aliphatic rings. The van der Waals surface area contributed by atoms with Gasteiger partial charge in [0.25, 0.3) is 0 Å². The van der Waals surface area contributed by atoms with Gasteiger partial charge in [0, 0.05) is 5.92 Å². The van der Waals surface area contributed by atoms with Gasteiger partial charge in [-0.2, -0.15) is 0 Å². The van der Waals surface area contributed by atoms with Crippen molar-refractivity contribution >= 4 is 16.8 Å². The number of thioether (sulfide) groups is 1. The second kappa shape index (κ2) is 8.16.